The fourth-order valence-electron chi connectivity index (χ4n) is 0.900. The van der Waals surface area contributed by atoms with Crippen molar-refractivity contribution in [3.8, 4) is 0 Å². The van der Waals surface area contributed by atoms with Crippen LogP contribution in [0.1, 0.15) is 27.7 Å². The molecule has 3 amide bonds. The quantitative estimate of drug-likeness (QED) is 0.628. The van der Waals surface area contributed by atoms with Crippen LogP contribution < -0.4 is 16.0 Å². The largest absolute Gasteiger partial charge is 0.354 e. The Labute approximate surface area is 97.4 Å². The molecule has 0 aromatic heterocycles. The lowest BCUT2D eigenvalue weighted by Gasteiger charge is -2.10. The zero-order valence-electron chi connectivity index (χ0n) is 10.6. The maximum atomic E-state index is 11.2. The third-order valence-electron chi connectivity index (χ3n) is 1.79. The third kappa shape index (κ3) is 9.30. The third-order valence-corrected chi connectivity index (χ3v) is 1.79. The highest BCUT2D eigenvalue weighted by Gasteiger charge is 2.05. The van der Waals surface area contributed by atoms with E-state index in [1.807, 2.05) is 27.7 Å². The van der Waals surface area contributed by atoms with E-state index in [0.29, 0.717) is 24.9 Å². The minimum Gasteiger partial charge on any atom is -0.354 e. The van der Waals surface area contributed by atoms with Gasteiger partial charge in [-0.25, -0.2) is 4.79 Å². The second-order valence-corrected chi connectivity index (χ2v) is 4.66. The molecule has 0 rings (SSSR count). The minimum absolute atomic E-state index is 0.0245. The second kappa shape index (κ2) is 7.96. The molecule has 0 saturated heterocycles. The summed E-state index contributed by atoms with van der Waals surface area (Å²) < 4.78 is 0. The van der Waals surface area contributed by atoms with Gasteiger partial charge in [-0.3, -0.25) is 4.79 Å². The first-order valence-electron chi connectivity index (χ1n) is 5.70. The van der Waals surface area contributed by atoms with E-state index in [1.165, 1.54) is 0 Å². The number of amides is 3. The summed E-state index contributed by atoms with van der Waals surface area (Å²) in [6.07, 6.45) is 0. The molecular weight excluding hydrogens is 206 g/mol. The van der Waals surface area contributed by atoms with Crippen LogP contribution in [-0.2, 0) is 4.79 Å². The van der Waals surface area contributed by atoms with Crippen LogP contribution in [0.2, 0.25) is 0 Å². The van der Waals surface area contributed by atoms with Gasteiger partial charge in [0.05, 0.1) is 6.54 Å². The van der Waals surface area contributed by atoms with Gasteiger partial charge in [-0.1, -0.05) is 27.7 Å². The summed E-state index contributed by atoms with van der Waals surface area (Å²) in [6.45, 7) is 9.32. The van der Waals surface area contributed by atoms with Gasteiger partial charge in [0.25, 0.3) is 0 Å². The molecule has 0 aliphatic heterocycles. The van der Waals surface area contributed by atoms with Gasteiger partial charge >= 0.3 is 6.03 Å². The standard InChI is InChI=1S/C11H23N3O2/c1-8(2)5-12-10(15)7-14-11(16)13-6-9(3)4/h8-9H,5-7H2,1-4H3,(H,12,15)(H2,13,14,16). The molecule has 0 unspecified atom stereocenters. The van der Waals surface area contributed by atoms with E-state index in [0.717, 1.165) is 0 Å². The van der Waals surface area contributed by atoms with Crippen LogP contribution in [0, 0.1) is 11.8 Å². The predicted octanol–water partition coefficient (Wildman–Crippen LogP) is 0.714. The Bertz CT molecular complexity index is 203. The topological polar surface area (TPSA) is 70.2 Å². The lowest BCUT2D eigenvalue weighted by atomic mass is 10.2. The minimum atomic E-state index is -0.298. The van der Waals surface area contributed by atoms with Crippen LogP contribution in [0.25, 0.3) is 0 Å². The number of urea groups is 1. The van der Waals surface area contributed by atoms with Gasteiger partial charge in [-0.2, -0.15) is 0 Å². The fourth-order valence-corrected chi connectivity index (χ4v) is 0.900. The number of hydrogen-bond donors (Lipinski definition) is 3. The van der Waals surface area contributed by atoms with Crippen molar-refractivity contribution in [2.24, 2.45) is 11.8 Å². The molecule has 16 heavy (non-hydrogen) atoms. The summed E-state index contributed by atoms with van der Waals surface area (Å²) in [6, 6.07) is -0.298. The molecule has 0 fully saturated rings. The molecule has 0 aliphatic carbocycles. The van der Waals surface area contributed by atoms with Crippen LogP contribution in [-0.4, -0.2) is 31.6 Å². The molecular formula is C11H23N3O2. The summed E-state index contributed by atoms with van der Waals surface area (Å²) in [4.78, 5) is 22.4. The summed E-state index contributed by atoms with van der Waals surface area (Å²) in [5.74, 6) is 0.660. The molecule has 0 aromatic carbocycles. The average molecular weight is 229 g/mol. The van der Waals surface area contributed by atoms with Crippen molar-refractivity contribution >= 4 is 11.9 Å². The monoisotopic (exact) mass is 229 g/mol. The molecule has 0 radical (unpaired) electrons. The Balaban J connectivity index is 3.55. The highest BCUT2D eigenvalue weighted by molar-refractivity contribution is 5.83. The Kier molecular flexibility index (Phi) is 7.33. The molecule has 0 heterocycles. The molecule has 94 valence electrons. The first-order valence-corrected chi connectivity index (χ1v) is 5.70. The SMILES string of the molecule is CC(C)CNC(=O)CNC(=O)NCC(C)C. The molecule has 0 aromatic rings. The maximum Gasteiger partial charge on any atom is 0.315 e. The summed E-state index contributed by atoms with van der Waals surface area (Å²) >= 11 is 0. The number of hydrogen-bond acceptors (Lipinski definition) is 2. The van der Waals surface area contributed by atoms with Crippen molar-refractivity contribution in [2.45, 2.75) is 27.7 Å². The molecule has 0 bridgehead atoms. The van der Waals surface area contributed by atoms with Crippen molar-refractivity contribution < 1.29 is 9.59 Å². The van der Waals surface area contributed by atoms with Gasteiger partial charge in [-0.05, 0) is 11.8 Å². The Hall–Kier alpha value is -1.26. The van der Waals surface area contributed by atoms with Crippen LogP contribution in [0.3, 0.4) is 0 Å². The van der Waals surface area contributed by atoms with Gasteiger partial charge in [0.1, 0.15) is 0 Å². The Morgan fingerprint density at radius 1 is 0.875 bits per heavy atom. The zero-order chi connectivity index (χ0) is 12.6. The second-order valence-electron chi connectivity index (χ2n) is 4.66. The van der Waals surface area contributed by atoms with Crippen molar-refractivity contribution in [1.82, 2.24) is 16.0 Å². The lowest BCUT2D eigenvalue weighted by molar-refractivity contribution is -0.120. The average Bonchev–Trinajstić information content (AvgIpc) is 2.20. The van der Waals surface area contributed by atoms with Crippen molar-refractivity contribution in [1.29, 1.82) is 0 Å². The zero-order valence-corrected chi connectivity index (χ0v) is 10.6. The van der Waals surface area contributed by atoms with Crippen molar-refractivity contribution in [2.75, 3.05) is 19.6 Å². The molecule has 0 saturated carbocycles. The Morgan fingerprint density at radius 3 is 1.88 bits per heavy atom. The number of nitrogens with one attached hydrogen (secondary N) is 3. The van der Waals surface area contributed by atoms with E-state index < -0.39 is 0 Å². The molecule has 0 aliphatic rings. The van der Waals surface area contributed by atoms with E-state index >= 15 is 0 Å². The molecule has 3 N–H and O–H groups in total. The molecule has 0 spiro atoms. The smallest absolute Gasteiger partial charge is 0.315 e. The molecule has 0 atom stereocenters. The van der Waals surface area contributed by atoms with E-state index in [1.54, 1.807) is 0 Å². The highest BCUT2D eigenvalue weighted by atomic mass is 16.2. The van der Waals surface area contributed by atoms with Crippen LogP contribution in [0.15, 0.2) is 0 Å². The van der Waals surface area contributed by atoms with Gasteiger partial charge in [0, 0.05) is 13.1 Å². The van der Waals surface area contributed by atoms with Gasteiger partial charge in [-0.15, -0.1) is 0 Å². The van der Waals surface area contributed by atoms with E-state index in [-0.39, 0.29) is 18.5 Å². The first kappa shape index (κ1) is 14.7. The normalized spacial score (nSPS) is 10.4. The van der Waals surface area contributed by atoms with Gasteiger partial charge in [0.2, 0.25) is 5.91 Å². The Morgan fingerprint density at radius 2 is 1.38 bits per heavy atom. The predicted molar refractivity (Wildman–Crippen MR) is 64.1 cm³/mol. The van der Waals surface area contributed by atoms with E-state index in [2.05, 4.69) is 16.0 Å². The van der Waals surface area contributed by atoms with Gasteiger partial charge in [0.15, 0.2) is 0 Å². The van der Waals surface area contributed by atoms with E-state index in [9.17, 15) is 9.59 Å². The highest BCUT2D eigenvalue weighted by Crippen LogP contribution is 1.87. The summed E-state index contributed by atoms with van der Waals surface area (Å²) in [5.41, 5.74) is 0. The van der Waals surface area contributed by atoms with Crippen LogP contribution in [0.5, 0.6) is 0 Å². The fraction of sp³-hybridized carbons (Fsp3) is 0.818. The lowest BCUT2D eigenvalue weighted by Crippen LogP contribution is -2.43. The number of carbonyl (C=O) groups excluding carboxylic acids is 2. The first-order chi connectivity index (χ1) is 7.41. The summed E-state index contributed by atoms with van der Waals surface area (Å²) in [7, 11) is 0. The van der Waals surface area contributed by atoms with Crippen molar-refractivity contribution in [3.05, 3.63) is 0 Å². The summed E-state index contributed by atoms with van der Waals surface area (Å²) in [5, 5.41) is 7.89. The van der Waals surface area contributed by atoms with Crippen LogP contribution >= 0.6 is 0 Å². The molecule has 5 heteroatoms. The van der Waals surface area contributed by atoms with Crippen molar-refractivity contribution in [3.63, 3.8) is 0 Å². The maximum absolute atomic E-state index is 11.2. The number of rotatable bonds is 6. The van der Waals surface area contributed by atoms with Crippen LogP contribution in [0.4, 0.5) is 4.79 Å². The van der Waals surface area contributed by atoms with Gasteiger partial charge < -0.3 is 16.0 Å². The molecule has 5 nitrogen and oxygen atoms in total. The van der Waals surface area contributed by atoms with E-state index in [4.69, 9.17) is 0 Å². The number of carbonyl (C=O) groups is 2.